The first kappa shape index (κ1) is 15.7. The highest BCUT2D eigenvalue weighted by molar-refractivity contribution is 6.05. The third-order valence-electron chi connectivity index (χ3n) is 3.91. The summed E-state index contributed by atoms with van der Waals surface area (Å²) in [7, 11) is 1.95. The van der Waals surface area contributed by atoms with Gasteiger partial charge in [0.15, 0.2) is 0 Å². The smallest absolute Gasteiger partial charge is 0.257 e. The van der Waals surface area contributed by atoms with Gasteiger partial charge in [0.2, 0.25) is 0 Å². The Kier molecular flexibility index (Phi) is 4.57. The minimum atomic E-state index is -0.167. The second-order valence-corrected chi connectivity index (χ2v) is 5.60. The van der Waals surface area contributed by atoms with E-state index < -0.39 is 0 Å². The number of benzene rings is 2. The van der Waals surface area contributed by atoms with Crippen molar-refractivity contribution in [1.82, 2.24) is 4.98 Å². The van der Waals surface area contributed by atoms with Crippen LogP contribution < -0.4 is 10.2 Å². The first-order valence-corrected chi connectivity index (χ1v) is 7.76. The molecule has 120 valence electrons. The molecule has 1 heterocycles. The molecule has 2 aromatic carbocycles. The molecular formula is C20H19N3O. The minimum Gasteiger partial charge on any atom is -0.343 e. The Bertz CT molecular complexity index is 846. The van der Waals surface area contributed by atoms with Crippen molar-refractivity contribution in [2.45, 2.75) is 6.92 Å². The van der Waals surface area contributed by atoms with Gasteiger partial charge in [-0.05, 0) is 36.8 Å². The number of aromatic nitrogens is 1. The highest BCUT2D eigenvalue weighted by Gasteiger charge is 2.11. The Hall–Kier alpha value is -3.14. The standard InChI is InChI=1S/C20H19N3O/c1-15-8-6-7-11-19(15)22-20(24)16-12-18(14-21-13-16)23(2)17-9-4-3-5-10-17/h3-14H,1-2H3,(H,22,24). The third-order valence-corrected chi connectivity index (χ3v) is 3.91. The number of nitrogens with zero attached hydrogens (tertiary/aromatic N) is 2. The Morgan fingerprint density at radius 3 is 2.42 bits per heavy atom. The van der Waals surface area contributed by atoms with Gasteiger partial charge in [-0.1, -0.05) is 36.4 Å². The van der Waals surface area contributed by atoms with E-state index in [1.54, 1.807) is 12.4 Å². The normalized spacial score (nSPS) is 10.2. The van der Waals surface area contributed by atoms with Gasteiger partial charge < -0.3 is 10.2 Å². The second-order valence-electron chi connectivity index (χ2n) is 5.60. The highest BCUT2D eigenvalue weighted by atomic mass is 16.1. The second kappa shape index (κ2) is 6.96. The molecule has 0 atom stereocenters. The number of anilines is 3. The molecule has 0 spiro atoms. The van der Waals surface area contributed by atoms with Crippen molar-refractivity contribution in [3.05, 3.63) is 84.2 Å². The lowest BCUT2D eigenvalue weighted by molar-refractivity contribution is 0.102. The van der Waals surface area contributed by atoms with Gasteiger partial charge in [-0.3, -0.25) is 9.78 Å². The van der Waals surface area contributed by atoms with E-state index in [4.69, 9.17) is 0 Å². The van der Waals surface area contributed by atoms with Crippen molar-refractivity contribution in [2.75, 3.05) is 17.3 Å². The van der Waals surface area contributed by atoms with Crippen molar-refractivity contribution in [2.24, 2.45) is 0 Å². The quantitative estimate of drug-likeness (QED) is 0.775. The molecule has 0 unspecified atom stereocenters. The van der Waals surface area contributed by atoms with Crippen LogP contribution in [0, 0.1) is 6.92 Å². The molecule has 0 fully saturated rings. The molecule has 0 saturated heterocycles. The molecule has 1 N–H and O–H groups in total. The summed E-state index contributed by atoms with van der Waals surface area (Å²) in [4.78, 5) is 18.7. The number of amides is 1. The largest absolute Gasteiger partial charge is 0.343 e. The van der Waals surface area contributed by atoms with Gasteiger partial charge in [0.05, 0.1) is 17.4 Å². The molecule has 0 aliphatic rings. The van der Waals surface area contributed by atoms with Crippen molar-refractivity contribution in [3.63, 3.8) is 0 Å². The fraction of sp³-hybridized carbons (Fsp3) is 0.100. The van der Waals surface area contributed by atoms with Crippen LogP contribution in [0.4, 0.5) is 17.1 Å². The molecular weight excluding hydrogens is 298 g/mol. The van der Waals surface area contributed by atoms with Gasteiger partial charge in [-0.25, -0.2) is 0 Å². The Balaban J connectivity index is 1.83. The van der Waals surface area contributed by atoms with Gasteiger partial charge in [0, 0.05) is 24.6 Å². The summed E-state index contributed by atoms with van der Waals surface area (Å²) in [6.45, 7) is 1.97. The first-order valence-electron chi connectivity index (χ1n) is 7.76. The molecule has 0 aliphatic carbocycles. The van der Waals surface area contributed by atoms with Gasteiger partial charge in [-0.2, -0.15) is 0 Å². The molecule has 0 aliphatic heterocycles. The monoisotopic (exact) mass is 317 g/mol. The number of hydrogen-bond acceptors (Lipinski definition) is 3. The maximum absolute atomic E-state index is 12.5. The minimum absolute atomic E-state index is 0.167. The van der Waals surface area contributed by atoms with E-state index in [1.807, 2.05) is 79.5 Å². The van der Waals surface area contributed by atoms with Crippen LogP contribution in [0.1, 0.15) is 15.9 Å². The lowest BCUT2D eigenvalue weighted by atomic mass is 10.2. The SMILES string of the molecule is Cc1ccccc1NC(=O)c1cncc(N(C)c2ccccc2)c1. The number of nitrogens with one attached hydrogen (secondary N) is 1. The Labute approximate surface area is 141 Å². The summed E-state index contributed by atoms with van der Waals surface area (Å²) in [5, 5.41) is 2.93. The molecule has 4 heteroatoms. The summed E-state index contributed by atoms with van der Waals surface area (Å²) in [5.41, 5.74) is 4.26. The van der Waals surface area contributed by atoms with E-state index >= 15 is 0 Å². The number of pyridine rings is 1. The molecule has 3 rings (SSSR count). The van der Waals surface area contributed by atoms with Crippen molar-refractivity contribution in [3.8, 4) is 0 Å². The molecule has 1 amide bonds. The van der Waals surface area contributed by atoms with E-state index in [9.17, 15) is 4.79 Å². The molecule has 24 heavy (non-hydrogen) atoms. The lowest BCUT2D eigenvalue weighted by Gasteiger charge is -2.19. The zero-order chi connectivity index (χ0) is 16.9. The van der Waals surface area contributed by atoms with Crippen LogP contribution in [0.2, 0.25) is 0 Å². The number of hydrogen-bond donors (Lipinski definition) is 1. The predicted molar refractivity (Wildman–Crippen MR) is 97.9 cm³/mol. The number of aryl methyl sites for hydroxylation is 1. The van der Waals surface area contributed by atoms with Crippen molar-refractivity contribution < 1.29 is 4.79 Å². The number of para-hydroxylation sites is 2. The fourth-order valence-electron chi connectivity index (χ4n) is 2.44. The fourth-order valence-corrected chi connectivity index (χ4v) is 2.44. The average Bonchev–Trinajstić information content (AvgIpc) is 2.64. The zero-order valence-corrected chi connectivity index (χ0v) is 13.7. The number of carbonyl (C=O) groups is 1. The van der Waals surface area contributed by atoms with Gasteiger partial charge >= 0.3 is 0 Å². The first-order chi connectivity index (χ1) is 11.6. The van der Waals surface area contributed by atoms with Gasteiger partial charge in [0.1, 0.15) is 0 Å². The van der Waals surface area contributed by atoms with Gasteiger partial charge in [0.25, 0.3) is 5.91 Å². The number of rotatable bonds is 4. The Morgan fingerprint density at radius 2 is 1.67 bits per heavy atom. The average molecular weight is 317 g/mol. The van der Waals surface area contributed by atoms with Crippen LogP contribution in [0.25, 0.3) is 0 Å². The summed E-state index contributed by atoms with van der Waals surface area (Å²) < 4.78 is 0. The molecule has 1 aromatic heterocycles. The maximum Gasteiger partial charge on any atom is 0.257 e. The van der Waals surface area contributed by atoms with Crippen LogP contribution in [0.5, 0.6) is 0 Å². The summed E-state index contributed by atoms with van der Waals surface area (Å²) in [6.07, 6.45) is 3.33. The number of carbonyl (C=O) groups excluding carboxylic acids is 1. The topological polar surface area (TPSA) is 45.2 Å². The molecule has 3 aromatic rings. The van der Waals surface area contributed by atoms with Crippen LogP contribution in [-0.2, 0) is 0 Å². The summed E-state index contributed by atoms with van der Waals surface area (Å²) in [5.74, 6) is -0.167. The lowest BCUT2D eigenvalue weighted by Crippen LogP contribution is -2.15. The summed E-state index contributed by atoms with van der Waals surface area (Å²) in [6, 6.07) is 19.5. The van der Waals surface area contributed by atoms with Crippen LogP contribution in [0.3, 0.4) is 0 Å². The Morgan fingerprint density at radius 1 is 0.958 bits per heavy atom. The van der Waals surface area contributed by atoms with E-state index in [0.29, 0.717) is 5.56 Å². The van der Waals surface area contributed by atoms with Crippen LogP contribution in [-0.4, -0.2) is 17.9 Å². The van der Waals surface area contributed by atoms with Crippen molar-refractivity contribution >= 4 is 23.0 Å². The third kappa shape index (κ3) is 3.43. The van der Waals surface area contributed by atoms with E-state index in [0.717, 1.165) is 22.6 Å². The van der Waals surface area contributed by atoms with Crippen molar-refractivity contribution in [1.29, 1.82) is 0 Å². The van der Waals surface area contributed by atoms with Crippen LogP contribution in [0.15, 0.2) is 73.1 Å². The summed E-state index contributed by atoms with van der Waals surface area (Å²) >= 11 is 0. The van der Waals surface area contributed by atoms with E-state index in [2.05, 4.69) is 10.3 Å². The molecule has 0 bridgehead atoms. The zero-order valence-electron chi connectivity index (χ0n) is 13.7. The molecule has 4 nitrogen and oxygen atoms in total. The predicted octanol–water partition coefficient (Wildman–Crippen LogP) is 4.41. The van der Waals surface area contributed by atoms with Gasteiger partial charge in [-0.15, -0.1) is 0 Å². The van der Waals surface area contributed by atoms with E-state index in [-0.39, 0.29) is 5.91 Å². The maximum atomic E-state index is 12.5. The molecule has 0 saturated carbocycles. The van der Waals surface area contributed by atoms with Crippen LogP contribution >= 0.6 is 0 Å². The highest BCUT2D eigenvalue weighted by Crippen LogP contribution is 2.23. The molecule has 0 radical (unpaired) electrons. The van der Waals surface area contributed by atoms with E-state index in [1.165, 1.54) is 0 Å².